The first-order chi connectivity index (χ1) is 16.0. The molecule has 3 aliphatic rings. The van der Waals surface area contributed by atoms with E-state index in [0.717, 1.165) is 10.5 Å². The Morgan fingerprint density at radius 1 is 1.26 bits per heavy atom. The van der Waals surface area contributed by atoms with Gasteiger partial charge in [-0.2, -0.15) is 0 Å². The molecule has 1 unspecified atom stereocenters. The largest absolute Gasteiger partial charge is 0.598 e. The number of halogens is 1. The molecule has 1 aliphatic carbocycles. The van der Waals surface area contributed by atoms with E-state index in [1.807, 2.05) is 26.8 Å². The molecule has 4 amide bonds. The minimum Gasteiger partial charge on any atom is -0.598 e. The molecule has 2 heterocycles. The average Bonchev–Trinajstić information content (AvgIpc) is 3.13. The first-order valence-electron chi connectivity index (χ1n) is 11.8. The van der Waals surface area contributed by atoms with E-state index >= 15 is 4.39 Å². The Morgan fingerprint density at radius 2 is 1.97 bits per heavy atom. The molecule has 2 fully saturated rings. The lowest BCUT2D eigenvalue weighted by molar-refractivity contribution is -0.145. The van der Waals surface area contributed by atoms with E-state index in [1.165, 1.54) is 6.07 Å². The van der Waals surface area contributed by atoms with E-state index in [2.05, 4.69) is 10.0 Å². The summed E-state index contributed by atoms with van der Waals surface area (Å²) < 4.78 is 36.1. The number of hydrogen-bond donors (Lipinski definition) is 2. The zero-order valence-corrected chi connectivity index (χ0v) is 20.6. The smallest absolute Gasteiger partial charge is 0.331 e. The van der Waals surface area contributed by atoms with Crippen molar-refractivity contribution < 1.29 is 28.1 Å². The highest BCUT2D eigenvalue weighted by Crippen LogP contribution is 2.44. The number of carbonyl (C=O) groups is 3. The zero-order chi connectivity index (χ0) is 24.7. The minimum atomic E-state index is -1.50. The van der Waals surface area contributed by atoms with E-state index in [1.54, 1.807) is 6.07 Å². The number of fused-ring (bicyclic) bond motifs is 1. The van der Waals surface area contributed by atoms with Crippen molar-refractivity contribution in [2.75, 3.05) is 13.2 Å². The molecule has 8 nitrogen and oxygen atoms in total. The summed E-state index contributed by atoms with van der Waals surface area (Å²) in [4.78, 5) is 39.6. The van der Waals surface area contributed by atoms with Crippen molar-refractivity contribution in [1.82, 2.24) is 14.9 Å². The highest BCUT2D eigenvalue weighted by molar-refractivity contribution is 7.90. The molecule has 4 rings (SSSR count). The summed E-state index contributed by atoms with van der Waals surface area (Å²) in [5, 5.41) is 2.32. The lowest BCUT2D eigenvalue weighted by Crippen LogP contribution is -2.62. The van der Waals surface area contributed by atoms with Crippen LogP contribution in [0, 0.1) is 11.7 Å². The lowest BCUT2D eigenvalue weighted by Gasteiger charge is -2.39. The third kappa shape index (κ3) is 4.73. The van der Waals surface area contributed by atoms with Crippen LogP contribution in [0.25, 0.3) is 0 Å². The highest BCUT2D eigenvalue weighted by Gasteiger charge is 2.49. The van der Waals surface area contributed by atoms with Crippen molar-refractivity contribution in [2.24, 2.45) is 5.92 Å². The van der Waals surface area contributed by atoms with Crippen LogP contribution in [0.1, 0.15) is 64.0 Å². The van der Waals surface area contributed by atoms with Gasteiger partial charge in [0.05, 0.1) is 5.54 Å². The first kappa shape index (κ1) is 25.1. The zero-order valence-electron chi connectivity index (χ0n) is 19.8. The first-order valence-corrected chi connectivity index (χ1v) is 12.9. The van der Waals surface area contributed by atoms with Crippen LogP contribution in [-0.4, -0.2) is 51.3 Å². The van der Waals surface area contributed by atoms with Crippen LogP contribution < -0.4 is 10.0 Å². The molecule has 186 valence electrons. The van der Waals surface area contributed by atoms with Crippen LogP contribution in [0.4, 0.5) is 9.18 Å². The molecule has 1 aromatic carbocycles. The van der Waals surface area contributed by atoms with Gasteiger partial charge >= 0.3 is 6.03 Å². The van der Waals surface area contributed by atoms with Gasteiger partial charge in [-0.3, -0.25) is 19.8 Å². The van der Waals surface area contributed by atoms with Crippen molar-refractivity contribution in [2.45, 2.75) is 75.6 Å². The molecule has 0 bridgehead atoms. The lowest BCUT2D eigenvalue weighted by atomic mass is 9.83. The Morgan fingerprint density at radius 3 is 2.65 bits per heavy atom. The Hall–Kier alpha value is -2.01. The number of nitrogens with one attached hydrogen (secondary N) is 2. The molecular formula is C24H32FN3O5S. The van der Waals surface area contributed by atoms with Crippen LogP contribution in [0.3, 0.4) is 0 Å². The summed E-state index contributed by atoms with van der Waals surface area (Å²) >= 11 is -1.50. The van der Waals surface area contributed by atoms with E-state index in [4.69, 9.17) is 4.74 Å². The second-order valence-corrected chi connectivity index (χ2v) is 12.2. The predicted molar refractivity (Wildman–Crippen MR) is 124 cm³/mol. The maximum Gasteiger partial charge on any atom is 0.331 e. The van der Waals surface area contributed by atoms with Crippen molar-refractivity contribution in [3.05, 3.63) is 35.1 Å². The van der Waals surface area contributed by atoms with E-state index in [0.29, 0.717) is 44.5 Å². The van der Waals surface area contributed by atoms with Gasteiger partial charge in [0.1, 0.15) is 16.5 Å². The monoisotopic (exact) mass is 493 g/mol. The van der Waals surface area contributed by atoms with Crippen molar-refractivity contribution in [3.8, 4) is 0 Å². The van der Waals surface area contributed by atoms with E-state index in [9.17, 15) is 18.9 Å². The summed E-state index contributed by atoms with van der Waals surface area (Å²) in [6, 6.07) is 3.87. The third-order valence-corrected chi connectivity index (χ3v) is 8.65. The molecule has 0 spiro atoms. The number of rotatable bonds is 6. The van der Waals surface area contributed by atoms with Crippen molar-refractivity contribution >= 4 is 29.2 Å². The summed E-state index contributed by atoms with van der Waals surface area (Å²) in [6.07, 6.45) is 2.46. The number of imide groups is 2. The van der Waals surface area contributed by atoms with Crippen molar-refractivity contribution in [1.29, 1.82) is 0 Å². The fourth-order valence-electron chi connectivity index (χ4n) is 5.09. The standard InChI is InChI=1S/C24H32FN3O5S/c1-23(2,3)34(32)27-24(11-7-15-5-4-6-18(25)19(15)24)12-8-17-20(29)26-22(31)28(21(17)30)16-9-13-33-14-10-16/h4-6,16-17,27H,7-14H2,1-3H3,(H,26,29,31)/t17?,24-,34+/m0/s1. The molecule has 0 aromatic heterocycles. The Balaban J connectivity index is 1.60. The van der Waals surface area contributed by atoms with Gasteiger partial charge in [0.15, 0.2) is 0 Å². The molecular weight excluding hydrogens is 461 g/mol. The number of barbiturate groups is 1. The van der Waals surface area contributed by atoms with Crippen molar-refractivity contribution in [3.63, 3.8) is 0 Å². The maximum absolute atomic E-state index is 15.1. The quantitative estimate of drug-likeness (QED) is 0.466. The predicted octanol–water partition coefficient (Wildman–Crippen LogP) is 2.67. The normalized spacial score (nSPS) is 27.0. The molecule has 34 heavy (non-hydrogen) atoms. The second kappa shape index (κ2) is 9.56. The van der Waals surface area contributed by atoms with Gasteiger partial charge in [-0.15, -0.1) is 4.72 Å². The van der Waals surface area contributed by atoms with Gasteiger partial charge in [-0.1, -0.05) is 12.1 Å². The number of amides is 4. The summed E-state index contributed by atoms with van der Waals surface area (Å²) in [7, 11) is 0. The number of hydrogen-bond acceptors (Lipinski definition) is 6. The van der Waals surface area contributed by atoms with Crippen LogP contribution in [0.15, 0.2) is 18.2 Å². The molecule has 0 radical (unpaired) electrons. The van der Waals surface area contributed by atoms with Crippen LogP contribution >= 0.6 is 0 Å². The summed E-state index contributed by atoms with van der Waals surface area (Å²) in [5.41, 5.74) is 0.301. The molecule has 0 saturated carbocycles. The van der Waals surface area contributed by atoms with Gasteiger partial charge < -0.3 is 9.29 Å². The van der Waals surface area contributed by atoms with Gasteiger partial charge in [0, 0.05) is 36.2 Å². The fraction of sp³-hybridized carbons (Fsp3) is 0.625. The number of carbonyl (C=O) groups excluding carboxylic acids is 3. The van der Waals surface area contributed by atoms with E-state index in [-0.39, 0.29) is 18.9 Å². The number of urea groups is 1. The Bertz CT molecular complexity index is 978. The second-order valence-electron chi connectivity index (χ2n) is 10.3. The minimum absolute atomic E-state index is 0.0970. The van der Waals surface area contributed by atoms with Crippen LogP contribution in [-0.2, 0) is 37.6 Å². The van der Waals surface area contributed by atoms with Crippen LogP contribution in [0.2, 0.25) is 0 Å². The van der Waals surface area contributed by atoms with Gasteiger partial charge in [-0.25, -0.2) is 9.18 Å². The Kier molecular flexibility index (Phi) is 7.06. The molecule has 2 saturated heterocycles. The highest BCUT2D eigenvalue weighted by atomic mass is 32.2. The third-order valence-electron chi connectivity index (χ3n) is 6.96. The number of aryl methyl sites for hydroxylation is 1. The van der Waals surface area contributed by atoms with Gasteiger partial charge in [-0.05, 0) is 70.9 Å². The Labute approximate surface area is 202 Å². The average molecular weight is 494 g/mol. The summed E-state index contributed by atoms with van der Waals surface area (Å²) in [5.74, 6) is -2.64. The topological polar surface area (TPSA) is 111 Å². The molecule has 3 atom stereocenters. The van der Waals surface area contributed by atoms with Gasteiger partial charge in [0.2, 0.25) is 11.8 Å². The number of ether oxygens (including phenoxy) is 1. The molecule has 10 heteroatoms. The number of benzene rings is 1. The van der Waals surface area contributed by atoms with Crippen LogP contribution in [0.5, 0.6) is 0 Å². The SMILES string of the molecule is CC(C)(C)[S@@+]([O-])N[C@]1(CCC2C(=O)NC(=O)N(C3CCOCC3)C2=O)CCc2cccc(F)c21. The number of nitrogens with zero attached hydrogens (tertiary/aromatic N) is 1. The maximum atomic E-state index is 15.1. The fourth-order valence-corrected chi connectivity index (χ4v) is 6.05. The van der Waals surface area contributed by atoms with Gasteiger partial charge in [0.25, 0.3) is 0 Å². The summed E-state index contributed by atoms with van der Waals surface area (Å²) in [6.45, 7) is 6.38. The molecule has 2 N–H and O–H groups in total. The molecule has 1 aromatic rings. The van der Waals surface area contributed by atoms with E-state index < -0.39 is 51.2 Å². The molecule has 2 aliphatic heterocycles.